The number of rotatable bonds is 6. The molecule has 1 saturated heterocycles. The lowest BCUT2D eigenvalue weighted by Gasteiger charge is -2.26. The van der Waals surface area contributed by atoms with Crippen molar-refractivity contribution < 1.29 is 9.26 Å². The van der Waals surface area contributed by atoms with Crippen molar-refractivity contribution in [3.05, 3.63) is 53.1 Å². The fraction of sp³-hybridized carbons (Fsp3) is 0.448. The summed E-state index contributed by atoms with van der Waals surface area (Å²) in [6.45, 7) is 6.84. The summed E-state index contributed by atoms with van der Waals surface area (Å²) in [6, 6.07) is 16.6. The standard InChI is InChI=1S/C29H29N5O2/c1-19(2)35-25-7-6-20(14-21(25)15-30)27-32-26(33-36-27)23-4-3-5-24-22(23)8-9-29(24)12-13-34(18-29)17-28(16-31)10-11-28/h3-7,14,19H,8-13,17-18H2,1-2H3. The van der Waals surface area contributed by atoms with Gasteiger partial charge in [0.1, 0.15) is 11.8 Å². The summed E-state index contributed by atoms with van der Waals surface area (Å²) in [5.74, 6) is 1.52. The topological polar surface area (TPSA) is 99.0 Å². The Kier molecular flexibility index (Phi) is 5.35. The van der Waals surface area contributed by atoms with Gasteiger partial charge in [-0.3, -0.25) is 0 Å². The van der Waals surface area contributed by atoms with Crippen molar-refractivity contribution in [3.8, 4) is 40.7 Å². The van der Waals surface area contributed by atoms with Crippen LogP contribution in [0.25, 0.3) is 22.8 Å². The summed E-state index contributed by atoms with van der Waals surface area (Å²) < 4.78 is 11.4. The maximum absolute atomic E-state index is 9.58. The fourth-order valence-electron chi connectivity index (χ4n) is 6.02. The van der Waals surface area contributed by atoms with Crippen LogP contribution in [0.4, 0.5) is 0 Å². The van der Waals surface area contributed by atoms with Crippen LogP contribution in [0.2, 0.25) is 0 Å². The van der Waals surface area contributed by atoms with E-state index in [4.69, 9.17) is 14.2 Å². The summed E-state index contributed by atoms with van der Waals surface area (Å²) in [7, 11) is 0. The molecular formula is C29H29N5O2. The van der Waals surface area contributed by atoms with Gasteiger partial charge in [0.05, 0.1) is 23.2 Å². The lowest BCUT2D eigenvalue weighted by molar-refractivity contribution is 0.241. The first kappa shape index (κ1) is 22.8. The van der Waals surface area contributed by atoms with Gasteiger partial charge in [0, 0.05) is 29.6 Å². The van der Waals surface area contributed by atoms with Crippen molar-refractivity contribution >= 4 is 0 Å². The quantitative estimate of drug-likeness (QED) is 0.476. The summed E-state index contributed by atoms with van der Waals surface area (Å²) in [4.78, 5) is 7.22. The zero-order valence-corrected chi connectivity index (χ0v) is 20.8. The molecule has 182 valence electrons. The third-order valence-electron chi connectivity index (χ3n) is 8.03. The second-order valence-electron chi connectivity index (χ2n) is 10.9. The molecule has 2 aromatic carbocycles. The van der Waals surface area contributed by atoms with Crippen LogP contribution in [-0.4, -0.2) is 40.8 Å². The number of likely N-dealkylation sites (tertiary alicyclic amines) is 1. The number of fused-ring (bicyclic) bond motifs is 2. The van der Waals surface area contributed by atoms with Crippen LogP contribution in [0.1, 0.15) is 56.2 Å². The third kappa shape index (κ3) is 3.85. The Morgan fingerprint density at radius 2 is 2.00 bits per heavy atom. The van der Waals surface area contributed by atoms with Crippen molar-refractivity contribution in [3.63, 3.8) is 0 Å². The van der Waals surface area contributed by atoms with Crippen LogP contribution >= 0.6 is 0 Å². The predicted molar refractivity (Wildman–Crippen MR) is 134 cm³/mol. The Labute approximate surface area is 211 Å². The molecule has 7 heteroatoms. The Balaban J connectivity index is 1.27. The third-order valence-corrected chi connectivity index (χ3v) is 8.03. The van der Waals surface area contributed by atoms with Gasteiger partial charge in [-0.15, -0.1) is 0 Å². The van der Waals surface area contributed by atoms with Crippen LogP contribution in [0.3, 0.4) is 0 Å². The van der Waals surface area contributed by atoms with E-state index in [1.54, 1.807) is 12.1 Å². The number of nitrogens with zero attached hydrogens (tertiary/aromatic N) is 5. The monoisotopic (exact) mass is 479 g/mol. The van der Waals surface area contributed by atoms with Crippen LogP contribution in [-0.2, 0) is 11.8 Å². The minimum atomic E-state index is -0.0969. The molecule has 36 heavy (non-hydrogen) atoms. The maximum Gasteiger partial charge on any atom is 0.258 e. The molecule has 1 atom stereocenters. The second kappa shape index (κ2) is 8.47. The molecule has 2 heterocycles. The van der Waals surface area contributed by atoms with E-state index in [2.05, 4.69) is 40.4 Å². The van der Waals surface area contributed by atoms with E-state index >= 15 is 0 Å². The average Bonchev–Trinajstić information content (AvgIpc) is 3.21. The number of benzene rings is 2. The molecule has 6 rings (SSSR count). The zero-order valence-electron chi connectivity index (χ0n) is 20.8. The molecule has 0 bridgehead atoms. The van der Waals surface area contributed by atoms with E-state index in [0.717, 1.165) is 57.3 Å². The van der Waals surface area contributed by atoms with Crippen LogP contribution in [0, 0.1) is 28.1 Å². The summed E-state index contributed by atoms with van der Waals surface area (Å²) >= 11 is 0. The summed E-state index contributed by atoms with van der Waals surface area (Å²) in [5.41, 5.74) is 4.93. The first-order valence-electron chi connectivity index (χ1n) is 12.8. The molecule has 3 aliphatic rings. The van der Waals surface area contributed by atoms with Gasteiger partial charge in [-0.25, -0.2) is 0 Å². The summed E-state index contributed by atoms with van der Waals surface area (Å²) in [5, 5.41) is 23.4. The zero-order chi connectivity index (χ0) is 24.9. The largest absolute Gasteiger partial charge is 0.490 e. The highest BCUT2D eigenvalue weighted by Gasteiger charge is 2.50. The van der Waals surface area contributed by atoms with Crippen LogP contribution < -0.4 is 4.74 Å². The Hall–Kier alpha value is -3.68. The van der Waals surface area contributed by atoms with Gasteiger partial charge in [0.15, 0.2) is 0 Å². The molecule has 3 aromatic rings. The molecule has 7 nitrogen and oxygen atoms in total. The Morgan fingerprint density at radius 1 is 1.14 bits per heavy atom. The molecule has 0 N–H and O–H groups in total. The molecule has 2 fully saturated rings. The number of aromatic nitrogens is 2. The number of ether oxygens (including phenoxy) is 1. The van der Waals surface area contributed by atoms with Crippen molar-refractivity contribution in [1.29, 1.82) is 10.5 Å². The number of hydrogen-bond acceptors (Lipinski definition) is 7. The SMILES string of the molecule is CC(C)Oc1ccc(-c2nc(-c3cccc4c3CCC43CCN(CC4(C#N)CC4)C3)no2)cc1C#N. The molecular weight excluding hydrogens is 450 g/mol. The Bertz CT molecular complexity index is 1410. The second-order valence-corrected chi connectivity index (χ2v) is 10.9. The number of nitriles is 2. The molecule has 0 amide bonds. The van der Waals surface area contributed by atoms with Crippen LogP contribution in [0.5, 0.6) is 5.75 Å². The number of hydrogen-bond donors (Lipinski definition) is 0. The van der Waals surface area contributed by atoms with E-state index in [9.17, 15) is 10.5 Å². The molecule has 1 spiro atoms. The van der Waals surface area contributed by atoms with Crippen molar-refractivity contribution in [2.24, 2.45) is 5.41 Å². The highest BCUT2D eigenvalue weighted by atomic mass is 16.5. The lowest BCUT2D eigenvalue weighted by Crippen LogP contribution is -2.32. The van der Waals surface area contributed by atoms with E-state index in [1.165, 1.54) is 11.1 Å². The maximum atomic E-state index is 9.58. The first-order valence-corrected chi connectivity index (χ1v) is 12.8. The van der Waals surface area contributed by atoms with Gasteiger partial charge in [0.2, 0.25) is 5.82 Å². The van der Waals surface area contributed by atoms with Crippen LogP contribution in [0.15, 0.2) is 40.9 Å². The smallest absolute Gasteiger partial charge is 0.258 e. The average molecular weight is 480 g/mol. The molecule has 2 aliphatic carbocycles. The first-order chi connectivity index (χ1) is 17.4. The predicted octanol–water partition coefficient (Wildman–Crippen LogP) is 5.26. The van der Waals surface area contributed by atoms with Crippen molar-refractivity contribution in [1.82, 2.24) is 15.0 Å². The Morgan fingerprint density at radius 3 is 2.75 bits per heavy atom. The highest BCUT2D eigenvalue weighted by molar-refractivity contribution is 5.68. The van der Waals surface area contributed by atoms with E-state index < -0.39 is 0 Å². The molecule has 1 aromatic heterocycles. The van der Waals surface area contributed by atoms with Crippen molar-refractivity contribution in [2.45, 2.75) is 57.5 Å². The van der Waals surface area contributed by atoms with Gasteiger partial charge in [-0.1, -0.05) is 23.4 Å². The van der Waals surface area contributed by atoms with E-state index in [1.807, 2.05) is 19.9 Å². The van der Waals surface area contributed by atoms with Gasteiger partial charge >= 0.3 is 0 Å². The molecule has 0 radical (unpaired) electrons. The summed E-state index contributed by atoms with van der Waals surface area (Å²) in [6.07, 6.45) is 5.29. The lowest BCUT2D eigenvalue weighted by atomic mass is 9.81. The van der Waals surface area contributed by atoms with Crippen molar-refractivity contribution in [2.75, 3.05) is 19.6 Å². The van der Waals surface area contributed by atoms with Gasteiger partial charge < -0.3 is 14.2 Å². The fourth-order valence-corrected chi connectivity index (χ4v) is 6.02. The van der Waals surface area contributed by atoms with Gasteiger partial charge in [-0.2, -0.15) is 15.5 Å². The molecule has 1 aliphatic heterocycles. The highest BCUT2D eigenvalue weighted by Crippen LogP contribution is 2.51. The normalized spacial score (nSPS) is 21.9. The minimum absolute atomic E-state index is 0.0189. The van der Waals surface area contributed by atoms with Gasteiger partial charge in [-0.05, 0) is 81.8 Å². The van der Waals surface area contributed by atoms with E-state index in [-0.39, 0.29) is 16.9 Å². The minimum Gasteiger partial charge on any atom is -0.490 e. The molecule has 1 saturated carbocycles. The van der Waals surface area contributed by atoms with Gasteiger partial charge in [0.25, 0.3) is 5.89 Å². The molecule has 1 unspecified atom stereocenters. The van der Waals surface area contributed by atoms with E-state index in [0.29, 0.717) is 28.6 Å².